The second-order valence-electron chi connectivity index (χ2n) is 5.62. The lowest BCUT2D eigenvalue weighted by atomic mass is 10.1. The van der Waals surface area contributed by atoms with E-state index >= 15 is 0 Å². The van der Waals surface area contributed by atoms with Gasteiger partial charge in [-0.05, 0) is 30.7 Å². The van der Waals surface area contributed by atoms with Crippen LogP contribution < -0.4 is 20.7 Å². The van der Waals surface area contributed by atoms with Gasteiger partial charge in [0.25, 0.3) is 0 Å². The number of primary sulfonamides is 1. The number of anilines is 4. The van der Waals surface area contributed by atoms with Gasteiger partial charge >= 0.3 is 0 Å². The van der Waals surface area contributed by atoms with Crippen LogP contribution in [0.1, 0.15) is 13.3 Å². The fourth-order valence-corrected chi connectivity index (χ4v) is 3.02. The van der Waals surface area contributed by atoms with Crippen LogP contribution in [-0.2, 0) is 14.8 Å². The number of amides is 1. The van der Waals surface area contributed by atoms with Crippen molar-refractivity contribution in [2.75, 3.05) is 22.6 Å². The summed E-state index contributed by atoms with van der Waals surface area (Å²) in [6, 6.07) is 5.61. The van der Waals surface area contributed by atoms with Crippen LogP contribution in [0.3, 0.4) is 0 Å². The van der Waals surface area contributed by atoms with Crippen LogP contribution in [0, 0.1) is 0 Å². The summed E-state index contributed by atoms with van der Waals surface area (Å²) in [5.74, 6) is 0.859. The lowest BCUT2D eigenvalue weighted by Gasteiger charge is -2.31. The number of fused-ring (bicyclic) bond motifs is 1. The SMILES string of the molecule is CCC1Nc2nc(Nc3ccc(S(N)(=O)=O)cc3)ncc2N(C)C1=O. The number of nitrogens with zero attached hydrogens (tertiary/aromatic N) is 3. The predicted octanol–water partition coefficient (Wildman–Crippen LogP) is 1.03. The molecule has 0 saturated carbocycles. The molecule has 3 rings (SSSR count). The maximum Gasteiger partial charge on any atom is 0.249 e. The summed E-state index contributed by atoms with van der Waals surface area (Å²) in [4.78, 5) is 22.3. The largest absolute Gasteiger partial charge is 0.356 e. The molecule has 0 radical (unpaired) electrons. The van der Waals surface area contributed by atoms with Gasteiger partial charge in [-0.3, -0.25) is 4.79 Å². The van der Waals surface area contributed by atoms with E-state index < -0.39 is 10.0 Å². The molecule has 0 aliphatic carbocycles. The molecule has 9 nitrogen and oxygen atoms in total. The standard InChI is InChI=1S/C15H18N6O3S/c1-3-11-14(22)21(2)12-8-17-15(20-13(12)19-11)18-9-4-6-10(7-5-9)25(16,23)24/h4-8,11H,3H2,1-2H3,(H2,16,23,24)(H2,17,18,19,20). The Labute approximate surface area is 145 Å². The number of nitrogens with one attached hydrogen (secondary N) is 2. The van der Waals surface area contributed by atoms with Gasteiger partial charge in [-0.25, -0.2) is 18.5 Å². The molecule has 1 atom stereocenters. The van der Waals surface area contributed by atoms with Crippen molar-refractivity contribution in [1.29, 1.82) is 0 Å². The highest BCUT2D eigenvalue weighted by Crippen LogP contribution is 2.30. The number of nitrogens with two attached hydrogens (primary N) is 1. The van der Waals surface area contributed by atoms with Crippen molar-refractivity contribution in [3.05, 3.63) is 30.5 Å². The van der Waals surface area contributed by atoms with Gasteiger partial charge < -0.3 is 15.5 Å². The van der Waals surface area contributed by atoms with Crippen LogP contribution in [0.5, 0.6) is 0 Å². The topological polar surface area (TPSA) is 130 Å². The van der Waals surface area contributed by atoms with E-state index in [4.69, 9.17) is 5.14 Å². The second kappa shape index (κ2) is 6.30. The molecule has 0 fully saturated rings. The number of hydrogen-bond donors (Lipinski definition) is 3. The zero-order valence-corrected chi connectivity index (χ0v) is 14.5. The molecule has 10 heteroatoms. The number of sulfonamides is 1. The average molecular weight is 362 g/mol. The fraction of sp³-hybridized carbons (Fsp3) is 0.267. The van der Waals surface area contributed by atoms with Gasteiger partial charge in [0.2, 0.25) is 21.9 Å². The Morgan fingerprint density at radius 1 is 1.32 bits per heavy atom. The first-order chi connectivity index (χ1) is 11.8. The summed E-state index contributed by atoms with van der Waals surface area (Å²) >= 11 is 0. The zero-order chi connectivity index (χ0) is 18.2. The van der Waals surface area contributed by atoms with E-state index in [1.54, 1.807) is 25.4 Å². The van der Waals surface area contributed by atoms with E-state index in [0.29, 0.717) is 29.6 Å². The smallest absolute Gasteiger partial charge is 0.249 e. The van der Waals surface area contributed by atoms with Crippen LogP contribution in [0.4, 0.5) is 23.1 Å². The molecule has 1 aliphatic heterocycles. The van der Waals surface area contributed by atoms with Gasteiger partial charge in [-0.15, -0.1) is 0 Å². The number of rotatable bonds is 4. The highest BCUT2D eigenvalue weighted by molar-refractivity contribution is 7.89. The number of aromatic nitrogens is 2. The maximum atomic E-state index is 12.1. The van der Waals surface area contributed by atoms with Crippen molar-refractivity contribution < 1.29 is 13.2 Å². The molecule has 1 aliphatic rings. The van der Waals surface area contributed by atoms with Crippen molar-refractivity contribution in [2.45, 2.75) is 24.3 Å². The van der Waals surface area contributed by atoms with E-state index in [-0.39, 0.29) is 16.8 Å². The minimum Gasteiger partial charge on any atom is -0.356 e. The van der Waals surface area contributed by atoms with E-state index in [9.17, 15) is 13.2 Å². The molecule has 2 aromatic rings. The van der Waals surface area contributed by atoms with Crippen molar-refractivity contribution in [3.8, 4) is 0 Å². The van der Waals surface area contributed by atoms with E-state index in [1.165, 1.54) is 17.0 Å². The van der Waals surface area contributed by atoms with Gasteiger partial charge in [-0.2, -0.15) is 4.98 Å². The number of carbonyl (C=O) groups excluding carboxylic acids is 1. The fourth-order valence-electron chi connectivity index (χ4n) is 2.50. The molecule has 1 aromatic heterocycles. The lowest BCUT2D eigenvalue weighted by Crippen LogP contribution is -2.45. The Kier molecular flexibility index (Phi) is 4.31. The van der Waals surface area contributed by atoms with Crippen molar-refractivity contribution >= 4 is 39.1 Å². The molecule has 4 N–H and O–H groups in total. The maximum absolute atomic E-state index is 12.1. The van der Waals surface area contributed by atoms with Gasteiger partial charge in [0, 0.05) is 12.7 Å². The molecule has 132 valence electrons. The minimum absolute atomic E-state index is 0.0250. The van der Waals surface area contributed by atoms with Gasteiger partial charge in [0.05, 0.1) is 11.1 Å². The van der Waals surface area contributed by atoms with E-state index in [2.05, 4.69) is 20.6 Å². The quantitative estimate of drug-likeness (QED) is 0.740. The Balaban J connectivity index is 1.84. The minimum atomic E-state index is -3.73. The summed E-state index contributed by atoms with van der Waals surface area (Å²) in [7, 11) is -2.04. The first-order valence-corrected chi connectivity index (χ1v) is 9.15. The predicted molar refractivity (Wildman–Crippen MR) is 94.2 cm³/mol. The third-order valence-corrected chi connectivity index (χ3v) is 4.85. The Bertz CT molecular complexity index is 913. The number of carbonyl (C=O) groups is 1. The van der Waals surface area contributed by atoms with Gasteiger partial charge in [-0.1, -0.05) is 6.92 Å². The normalized spacial score (nSPS) is 17.0. The molecule has 1 unspecified atom stereocenters. The average Bonchev–Trinajstić information content (AvgIpc) is 2.57. The van der Waals surface area contributed by atoms with Crippen LogP contribution in [0.2, 0.25) is 0 Å². The van der Waals surface area contributed by atoms with Crippen LogP contribution in [-0.4, -0.2) is 37.4 Å². The Hall–Kier alpha value is -2.72. The van der Waals surface area contributed by atoms with E-state index in [0.717, 1.165) is 0 Å². The molecule has 25 heavy (non-hydrogen) atoms. The number of benzene rings is 1. The zero-order valence-electron chi connectivity index (χ0n) is 13.7. The molecule has 1 aromatic carbocycles. The summed E-state index contributed by atoms with van der Waals surface area (Å²) < 4.78 is 22.5. The number of likely N-dealkylation sites (N-methyl/N-ethyl adjacent to an activating group) is 1. The highest BCUT2D eigenvalue weighted by atomic mass is 32.2. The number of hydrogen-bond acceptors (Lipinski definition) is 7. The van der Waals surface area contributed by atoms with Crippen LogP contribution in [0.15, 0.2) is 35.4 Å². The Morgan fingerprint density at radius 2 is 2.00 bits per heavy atom. The monoisotopic (exact) mass is 362 g/mol. The molecular weight excluding hydrogens is 344 g/mol. The lowest BCUT2D eigenvalue weighted by molar-refractivity contribution is -0.119. The molecule has 2 heterocycles. The molecular formula is C15H18N6O3S. The van der Waals surface area contributed by atoms with Crippen molar-refractivity contribution in [1.82, 2.24) is 9.97 Å². The molecule has 0 saturated heterocycles. The van der Waals surface area contributed by atoms with Gasteiger partial charge in [0.1, 0.15) is 11.7 Å². The first-order valence-electron chi connectivity index (χ1n) is 7.60. The van der Waals surface area contributed by atoms with Crippen LogP contribution >= 0.6 is 0 Å². The molecule has 0 bridgehead atoms. The first kappa shape index (κ1) is 17.1. The summed E-state index contributed by atoms with van der Waals surface area (Å²) in [5.41, 5.74) is 1.21. The Morgan fingerprint density at radius 3 is 2.60 bits per heavy atom. The van der Waals surface area contributed by atoms with E-state index in [1.807, 2.05) is 6.92 Å². The van der Waals surface area contributed by atoms with Gasteiger partial charge in [0.15, 0.2) is 5.82 Å². The van der Waals surface area contributed by atoms with Crippen LogP contribution in [0.25, 0.3) is 0 Å². The third-order valence-electron chi connectivity index (χ3n) is 3.92. The van der Waals surface area contributed by atoms with Crippen molar-refractivity contribution in [2.24, 2.45) is 5.14 Å². The third kappa shape index (κ3) is 3.39. The molecule has 0 spiro atoms. The summed E-state index contributed by atoms with van der Waals surface area (Å²) in [5, 5.41) is 11.2. The highest BCUT2D eigenvalue weighted by Gasteiger charge is 2.30. The van der Waals surface area contributed by atoms with Crippen molar-refractivity contribution in [3.63, 3.8) is 0 Å². The second-order valence-corrected chi connectivity index (χ2v) is 7.19. The summed E-state index contributed by atoms with van der Waals surface area (Å²) in [6.07, 6.45) is 2.20. The summed E-state index contributed by atoms with van der Waals surface area (Å²) in [6.45, 7) is 1.92. The molecule has 1 amide bonds.